The van der Waals surface area contributed by atoms with E-state index in [-0.39, 0.29) is 40.9 Å². The lowest BCUT2D eigenvalue weighted by Gasteiger charge is -2.35. The van der Waals surface area contributed by atoms with E-state index in [0.29, 0.717) is 45.0 Å². The largest absolute Gasteiger partial charge is 0.481 e. The summed E-state index contributed by atoms with van der Waals surface area (Å²) < 4.78 is 14.8. The monoisotopic (exact) mass is 798 g/mol. The number of ketones is 2. The first kappa shape index (κ1) is 50.7. The molecule has 0 radical (unpaired) electrons. The van der Waals surface area contributed by atoms with Crippen molar-refractivity contribution in [1.82, 2.24) is 5.48 Å². The summed E-state index contributed by atoms with van der Waals surface area (Å²) >= 11 is 0. The van der Waals surface area contributed by atoms with E-state index in [1.54, 1.807) is 33.2 Å². The molecule has 5 fully saturated rings. The first-order valence-electron chi connectivity index (χ1n) is 20.6. The summed E-state index contributed by atoms with van der Waals surface area (Å²) in [6.45, 7) is 12.7. The van der Waals surface area contributed by atoms with Crippen molar-refractivity contribution in [3.63, 3.8) is 0 Å². The lowest BCUT2D eigenvalue weighted by Crippen LogP contribution is -2.47. The summed E-state index contributed by atoms with van der Waals surface area (Å²) in [6.07, 6.45) is 17.0. The normalized spacial score (nSPS) is 30.4. The van der Waals surface area contributed by atoms with Gasteiger partial charge in [-0.05, 0) is 112 Å². The van der Waals surface area contributed by atoms with Crippen LogP contribution in [0.5, 0.6) is 0 Å². The second-order valence-corrected chi connectivity index (χ2v) is 15.8. The number of oxime groups is 1. The molecule has 4 aliphatic carbocycles. The number of carbonyl (C=O) groups is 6. The SMILES string of the molecule is CC12CCCCC1=NOC2=O.CC1CCCO1.CCOC(=O)C1(C)CCCCC1=O.CCOC(=O)C1CCCCC1=O.CNO.C[C@@]1(C(=O)O)CCCC[C@@H]1N. The van der Waals surface area contributed by atoms with Crippen LogP contribution in [-0.4, -0.2) is 90.5 Å². The van der Waals surface area contributed by atoms with Crippen LogP contribution in [0.1, 0.15) is 157 Å². The number of ether oxygens (including phenoxy) is 3. The number of carboxylic acids is 1. The molecule has 0 spiro atoms. The Balaban J connectivity index is 0.000000348. The van der Waals surface area contributed by atoms with Crippen molar-refractivity contribution >= 4 is 41.2 Å². The van der Waals surface area contributed by atoms with Crippen LogP contribution in [0.25, 0.3) is 0 Å². The molecular formula is C41H71N3O12. The molecule has 6 rings (SSSR count). The van der Waals surface area contributed by atoms with E-state index in [1.165, 1.54) is 19.9 Å². The number of nitrogens with two attached hydrogens (primary N) is 1. The number of rotatable bonds is 5. The summed E-state index contributed by atoms with van der Waals surface area (Å²) in [5, 5.41) is 20.0. The van der Waals surface area contributed by atoms with Crippen molar-refractivity contribution in [2.75, 3.05) is 26.9 Å². The molecule has 4 unspecified atom stereocenters. The highest BCUT2D eigenvalue weighted by molar-refractivity contribution is 6.09. The number of aliphatic carboxylic acids is 1. The lowest BCUT2D eigenvalue weighted by atomic mass is 9.72. The van der Waals surface area contributed by atoms with Crippen LogP contribution < -0.4 is 11.2 Å². The zero-order valence-electron chi connectivity index (χ0n) is 35.1. The molecule has 2 aliphatic heterocycles. The van der Waals surface area contributed by atoms with E-state index >= 15 is 0 Å². The molecule has 0 bridgehead atoms. The van der Waals surface area contributed by atoms with Crippen LogP contribution in [0.3, 0.4) is 0 Å². The molecule has 6 atom stereocenters. The maximum atomic E-state index is 11.5. The molecule has 0 aromatic rings. The van der Waals surface area contributed by atoms with E-state index in [0.717, 1.165) is 89.4 Å². The molecular weight excluding hydrogens is 726 g/mol. The highest BCUT2D eigenvalue weighted by Crippen LogP contribution is 2.38. The van der Waals surface area contributed by atoms with Crippen molar-refractivity contribution in [1.29, 1.82) is 0 Å². The number of Topliss-reactive ketones (excluding diaryl/α,β-unsaturated/α-hetero) is 2. The first-order valence-corrected chi connectivity index (χ1v) is 20.6. The second kappa shape index (κ2) is 25.9. The fraction of sp³-hybridized carbons (Fsp3) is 0.829. The molecule has 15 nitrogen and oxygen atoms in total. The highest BCUT2D eigenvalue weighted by atomic mass is 16.7. The number of hydrogen-bond acceptors (Lipinski definition) is 14. The van der Waals surface area contributed by atoms with Gasteiger partial charge in [0.05, 0.1) is 30.4 Å². The Bertz CT molecular complexity index is 1300. The zero-order valence-corrected chi connectivity index (χ0v) is 35.1. The van der Waals surface area contributed by atoms with Gasteiger partial charge in [0.25, 0.3) is 0 Å². The van der Waals surface area contributed by atoms with Gasteiger partial charge in [-0.2, -0.15) is 0 Å². The van der Waals surface area contributed by atoms with Crippen LogP contribution in [0, 0.1) is 22.2 Å². The van der Waals surface area contributed by atoms with E-state index in [2.05, 4.69) is 16.9 Å². The standard InChI is InChI=1S/C10H16O3.C9H14O3.C8H11NO2.C8H15NO2.C5H10O.CH5NO/c1-3-13-9(12)10(2)7-5-4-6-8(10)11;1-2-12-9(11)7-5-3-4-6-8(7)10;1-8-5-3-2-4-6(8)9-11-7(8)10;1-8(7(10)11)5-3-2-4-6(8)9;1-5-3-2-4-6-5;1-2-3/h3-7H2,1-2H3;7H,2-6H2,1H3;2-5H2,1H3;6H,2-5,9H2,1H3,(H,10,11);5H,2-4H2,1H3;2-3H,1H3/t;;;6-,8+;;/m...0../s1. The number of esters is 2. The Hall–Kier alpha value is -3.27. The van der Waals surface area contributed by atoms with E-state index in [4.69, 9.17) is 30.3 Å². The Morgan fingerprint density at radius 2 is 1.43 bits per heavy atom. The van der Waals surface area contributed by atoms with E-state index in [1.807, 2.05) is 6.92 Å². The van der Waals surface area contributed by atoms with E-state index in [9.17, 15) is 28.8 Å². The number of nitrogens with one attached hydrogen (secondary N) is 1. The molecule has 56 heavy (non-hydrogen) atoms. The highest BCUT2D eigenvalue weighted by Gasteiger charge is 2.47. The predicted molar refractivity (Wildman–Crippen MR) is 210 cm³/mol. The van der Waals surface area contributed by atoms with Gasteiger partial charge < -0.3 is 35.1 Å². The van der Waals surface area contributed by atoms with Crippen molar-refractivity contribution in [2.24, 2.45) is 33.1 Å². The van der Waals surface area contributed by atoms with Crippen molar-refractivity contribution in [3.8, 4) is 0 Å². The van der Waals surface area contributed by atoms with Crippen LogP contribution in [0.4, 0.5) is 0 Å². The summed E-state index contributed by atoms with van der Waals surface area (Å²) in [5.74, 6) is -1.95. The summed E-state index contributed by atoms with van der Waals surface area (Å²) in [6, 6.07) is -0.159. The number of fused-ring (bicyclic) bond motifs is 1. The molecule has 1 saturated heterocycles. The van der Waals surface area contributed by atoms with Crippen molar-refractivity contribution in [3.05, 3.63) is 0 Å². The van der Waals surface area contributed by atoms with Gasteiger partial charge in [0.2, 0.25) is 0 Å². The number of hydrogen-bond donors (Lipinski definition) is 4. The van der Waals surface area contributed by atoms with Gasteiger partial charge in [-0.1, -0.05) is 37.3 Å². The number of hydroxylamine groups is 1. The van der Waals surface area contributed by atoms with Crippen molar-refractivity contribution < 1.29 is 58.1 Å². The van der Waals surface area contributed by atoms with Gasteiger partial charge in [0.1, 0.15) is 28.3 Å². The third-order valence-electron chi connectivity index (χ3n) is 11.4. The fourth-order valence-corrected chi connectivity index (χ4v) is 7.28. The predicted octanol–water partition coefficient (Wildman–Crippen LogP) is 6.25. The van der Waals surface area contributed by atoms with Crippen LogP contribution in [0.15, 0.2) is 5.16 Å². The minimum atomic E-state index is -0.853. The third-order valence-corrected chi connectivity index (χ3v) is 11.4. The van der Waals surface area contributed by atoms with Gasteiger partial charge >= 0.3 is 23.9 Å². The van der Waals surface area contributed by atoms with Gasteiger partial charge in [-0.15, -0.1) is 0 Å². The quantitative estimate of drug-likeness (QED) is 0.104. The molecule has 2 heterocycles. The topological polar surface area (TPSA) is 230 Å². The Labute approximate surface area is 333 Å². The summed E-state index contributed by atoms with van der Waals surface area (Å²) in [5.41, 5.74) is 6.55. The van der Waals surface area contributed by atoms with Gasteiger partial charge in [0.15, 0.2) is 0 Å². The first-order chi connectivity index (χ1) is 26.5. The molecule has 0 aromatic heterocycles. The minimum absolute atomic E-state index is 0.0391. The molecule has 6 aliphatic rings. The average molecular weight is 798 g/mol. The maximum Gasteiger partial charge on any atom is 0.346 e. The Morgan fingerprint density at radius 3 is 1.91 bits per heavy atom. The van der Waals surface area contributed by atoms with E-state index < -0.39 is 22.7 Å². The smallest absolute Gasteiger partial charge is 0.346 e. The summed E-state index contributed by atoms with van der Waals surface area (Å²) in [7, 11) is 1.43. The molecule has 5 N–H and O–H groups in total. The average Bonchev–Trinajstić information content (AvgIpc) is 3.77. The zero-order chi connectivity index (χ0) is 42.4. The summed E-state index contributed by atoms with van der Waals surface area (Å²) in [4.78, 5) is 72.0. The fourth-order valence-electron chi connectivity index (χ4n) is 7.28. The van der Waals surface area contributed by atoms with Gasteiger partial charge in [-0.25, -0.2) is 10.3 Å². The van der Waals surface area contributed by atoms with Gasteiger partial charge in [-0.3, -0.25) is 24.0 Å². The molecule has 322 valence electrons. The Kier molecular flexibility index (Phi) is 23.4. The van der Waals surface area contributed by atoms with Crippen LogP contribution in [0.2, 0.25) is 0 Å². The van der Waals surface area contributed by atoms with Crippen LogP contribution >= 0.6 is 0 Å². The van der Waals surface area contributed by atoms with Crippen molar-refractivity contribution in [2.45, 2.75) is 169 Å². The molecule has 4 saturated carbocycles. The maximum absolute atomic E-state index is 11.5. The lowest BCUT2D eigenvalue weighted by molar-refractivity contribution is -0.161. The molecule has 0 amide bonds. The Morgan fingerprint density at radius 1 is 0.839 bits per heavy atom. The molecule has 15 heteroatoms. The minimum Gasteiger partial charge on any atom is -0.481 e. The second-order valence-electron chi connectivity index (χ2n) is 15.8. The number of carboxylic acid groups (broad SMARTS) is 1. The number of nitrogens with zero attached hydrogens (tertiary/aromatic N) is 1. The third kappa shape index (κ3) is 15.6. The molecule has 0 aromatic carbocycles. The number of carbonyl (C=O) groups excluding carboxylic acids is 5. The van der Waals surface area contributed by atoms with Crippen LogP contribution in [-0.2, 0) is 47.8 Å². The van der Waals surface area contributed by atoms with Gasteiger partial charge in [0, 0.05) is 32.5 Å².